The molecule has 0 atom stereocenters. The minimum Gasteiger partial charge on any atom is -0.301 e. The van der Waals surface area contributed by atoms with E-state index in [1.807, 2.05) is 18.3 Å². The van der Waals surface area contributed by atoms with Crippen molar-refractivity contribution in [2.24, 2.45) is 0 Å². The molecule has 0 aromatic carbocycles. The van der Waals surface area contributed by atoms with Crippen LogP contribution >= 0.6 is 11.3 Å². The van der Waals surface area contributed by atoms with E-state index in [4.69, 9.17) is 0 Å². The van der Waals surface area contributed by atoms with Crippen molar-refractivity contribution in [2.75, 3.05) is 0 Å². The highest BCUT2D eigenvalue weighted by Crippen LogP contribution is 2.29. The van der Waals surface area contributed by atoms with Crippen molar-refractivity contribution in [1.29, 1.82) is 0 Å². The van der Waals surface area contributed by atoms with Crippen LogP contribution in [0.15, 0.2) is 42.7 Å². The van der Waals surface area contributed by atoms with Crippen LogP contribution in [-0.4, -0.2) is 14.8 Å². The zero-order valence-electron chi connectivity index (χ0n) is 8.84. The van der Waals surface area contributed by atoms with E-state index in [1.54, 1.807) is 17.5 Å². The largest absolute Gasteiger partial charge is 0.301 e. The third-order valence-electron chi connectivity index (χ3n) is 2.49. The molecule has 0 aliphatic carbocycles. The van der Waals surface area contributed by atoms with E-state index in [9.17, 15) is 0 Å². The van der Waals surface area contributed by atoms with Crippen LogP contribution < -0.4 is 0 Å². The number of nitrogens with zero attached hydrogens (tertiary/aromatic N) is 2. The molecule has 0 saturated carbocycles. The van der Waals surface area contributed by atoms with Crippen LogP contribution in [0.4, 0.5) is 0 Å². The Morgan fingerprint density at radius 1 is 1.25 bits per heavy atom. The average molecular weight is 229 g/mol. The highest BCUT2D eigenvalue weighted by molar-refractivity contribution is 7.15. The van der Waals surface area contributed by atoms with Crippen molar-refractivity contribution in [3.8, 4) is 16.4 Å². The molecule has 0 fully saturated rings. The summed E-state index contributed by atoms with van der Waals surface area (Å²) in [6.45, 7) is 2.12. The summed E-state index contributed by atoms with van der Waals surface area (Å²) in [5.41, 5.74) is 1.20. The van der Waals surface area contributed by atoms with Crippen molar-refractivity contribution >= 4 is 11.3 Å². The molecular formula is C12H11N3S. The molecule has 0 bridgehead atoms. The highest BCUT2D eigenvalue weighted by atomic mass is 32.1. The number of thiophene rings is 1. The number of nitrogens with one attached hydrogen (secondary N) is 1. The Morgan fingerprint density at radius 2 is 2.19 bits per heavy atom. The van der Waals surface area contributed by atoms with Crippen LogP contribution in [0.25, 0.3) is 16.4 Å². The molecule has 3 aromatic rings. The zero-order valence-corrected chi connectivity index (χ0v) is 9.66. The molecule has 0 spiro atoms. The molecule has 0 aliphatic heterocycles. The van der Waals surface area contributed by atoms with Gasteiger partial charge in [0.25, 0.3) is 0 Å². The second kappa shape index (κ2) is 3.64. The molecule has 3 heterocycles. The predicted octanol–water partition coefficient (Wildman–Crippen LogP) is 3.24. The number of H-pyrrole nitrogens is 1. The van der Waals surface area contributed by atoms with Crippen molar-refractivity contribution in [3.63, 3.8) is 0 Å². The van der Waals surface area contributed by atoms with Gasteiger partial charge >= 0.3 is 0 Å². The smallest absolute Gasteiger partial charge is 0.132 e. The van der Waals surface area contributed by atoms with Crippen molar-refractivity contribution in [1.82, 2.24) is 14.8 Å². The standard InChI is InChI=1S/C12H11N3S/c1-9-4-5-11(16-9)10-3-2-8-15(10)12-6-7-13-14-12/h2-8H,1H3,(H,13,14). The first-order valence-corrected chi connectivity index (χ1v) is 5.90. The topological polar surface area (TPSA) is 33.6 Å². The summed E-state index contributed by atoms with van der Waals surface area (Å²) < 4.78 is 2.11. The molecular weight excluding hydrogens is 218 g/mol. The number of hydrogen-bond acceptors (Lipinski definition) is 2. The summed E-state index contributed by atoms with van der Waals surface area (Å²) in [7, 11) is 0. The van der Waals surface area contributed by atoms with Crippen LogP contribution in [0, 0.1) is 6.92 Å². The first kappa shape index (κ1) is 9.42. The number of hydrogen-bond donors (Lipinski definition) is 1. The Morgan fingerprint density at radius 3 is 2.88 bits per heavy atom. The van der Waals surface area contributed by atoms with Gasteiger partial charge in [-0.05, 0) is 31.2 Å². The van der Waals surface area contributed by atoms with E-state index < -0.39 is 0 Å². The minimum atomic E-state index is 0.992. The van der Waals surface area contributed by atoms with Gasteiger partial charge in [-0.3, -0.25) is 5.10 Å². The molecule has 16 heavy (non-hydrogen) atoms. The lowest BCUT2D eigenvalue weighted by atomic mass is 10.3. The lowest BCUT2D eigenvalue weighted by Gasteiger charge is -2.04. The van der Waals surface area contributed by atoms with Gasteiger partial charge in [-0.25, -0.2) is 0 Å². The molecule has 80 valence electrons. The molecule has 0 amide bonds. The fourth-order valence-electron chi connectivity index (χ4n) is 1.75. The third-order valence-corrected chi connectivity index (χ3v) is 3.51. The first-order chi connectivity index (χ1) is 7.84. The normalized spacial score (nSPS) is 10.8. The van der Waals surface area contributed by atoms with Crippen LogP contribution in [0.1, 0.15) is 4.88 Å². The van der Waals surface area contributed by atoms with Crippen LogP contribution in [0.3, 0.4) is 0 Å². The fourth-order valence-corrected chi connectivity index (χ4v) is 2.64. The summed E-state index contributed by atoms with van der Waals surface area (Å²) >= 11 is 1.80. The maximum absolute atomic E-state index is 3.98. The molecule has 0 unspecified atom stereocenters. The van der Waals surface area contributed by atoms with Gasteiger partial charge in [-0.2, -0.15) is 5.10 Å². The van der Waals surface area contributed by atoms with Gasteiger partial charge in [0.05, 0.1) is 16.8 Å². The Bertz CT molecular complexity index is 589. The van der Waals surface area contributed by atoms with Gasteiger partial charge in [0, 0.05) is 17.1 Å². The summed E-state index contributed by atoms with van der Waals surface area (Å²) in [5, 5.41) is 6.95. The molecule has 3 aromatic heterocycles. The monoisotopic (exact) mass is 229 g/mol. The maximum Gasteiger partial charge on any atom is 0.132 e. The van der Waals surface area contributed by atoms with Gasteiger partial charge in [0.2, 0.25) is 0 Å². The number of aryl methyl sites for hydroxylation is 1. The summed E-state index contributed by atoms with van der Waals surface area (Å²) in [5.74, 6) is 0.992. The van der Waals surface area contributed by atoms with E-state index in [0.29, 0.717) is 0 Å². The molecule has 1 N–H and O–H groups in total. The first-order valence-electron chi connectivity index (χ1n) is 5.08. The molecule has 3 nitrogen and oxygen atoms in total. The third kappa shape index (κ3) is 1.47. The van der Waals surface area contributed by atoms with Crippen LogP contribution in [0.5, 0.6) is 0 Å². The van der Waals surface area contributed by atoms with Gasteiger partial charge in [0.1, 0.15) is 5.82 Å². The SMILES string of the molecule is Cc1ccc(-c2cccn2-c2ccn[nH]2)s1. The maximum atomic E-state index is 3.98. The van der Waals surface area contributed by atoms with Gasteiger partial charge in [-0.1, -0.05) is 0 Å². The number of aromatic amines is 1. The highest BCUT2D eigenvalue weighted by Gasteiger charge is 2.07. The second-order valence-corrected chi connectivity index (χ2v) is 4.90. The van der Waals surface area contributed by atoms with E-state index in [1.165, 1.54) is 15.4 Å². The molecule has 0 saturated heterocycles. The molecule has 3 rings (SSSR count). The lowest BCUT2D eigenvalue weighted by molar-refractivity contribution is 0.972. The van der Waals surface area contributed by atoms with Crippen molar-refractivity contribution < 1.29 is 0 Å². The predicted molar refractivity (Wildman–Crippen MR) is 66.0 cm³/mol. The van der Waals surface area contributed by atoms with E-state index in [-0.39, 0.29) is 0 Å². The van der Waals surface area contributed by atoms with Crippen molar-refractivity contribution in [3.05, 3.63) is 47.6 Å². The van der Waals surface area contributed by atoms with E-state index in [0.717, 1.165) is 5.82 Å². The molecule has 0 aliphatic rings. The number of rotatable bonds is 2. The van der Waals surface area contributed by atoms with E-state index >= 15 is 0 Å². The lowest BCUT2D eigenvalue weighted by Crippen LogP contribution is -1.94. The number of aromatic nitrogens is 3. The zero-order chi connectivity index (χ0) is 11.0. The summed E-state index contributed by atoms with van der Waals surface area (Å²) in [6.07, 6.45) is 3.80. The Kier molecular flexibility index (Phi) is 2.15. The van der Waals surface area contributed by atoms with Crippen LogP contribution in [-0.2, 0) is 0 Å². The van der Waals surface area contributed by atoms with Crippen LogP contribution in [0.2, 0.25) is 0 Å². The Labute approximate surface area is 97.4 Å². The average Bonchev–Trinajstić information content (AvgIpc) is 2.96. The fraction of sp³-hybridized carbons (Fsp3) is 0.0833. The van der Waals surface area contributed by atoms with Crippen molar-refractivity contribution in [2.45, 2.75) is 6.92 Å². The Hall–Kier alpha value is -1.81. The van der Waals surface area contributed by atoms with E-state index in [2.05, 4.69) is 39.9 Å². The summed E-state index contributed by atoms with van der Waals surface area (Å²) in [6, 6.07) is 10.4. The molecule has 0 radical (unpaired) electrons. The minimum absolute atomic E-state index is 0.992. The second-order valence-electron chi connectivity index (χ2n) is 3.62. The van der Waals surface area contributed by atoms with Gasteiger partial charge in [0.15, 0.2) is 0 Å². The summed E-state index contributed by atoms with van der Waals surface area (Å²) in [4.78, 5) is 2.60. The van der Waals surface area contributed by atoms with Gasteiger partial charge in [-0.15, -0.1) is 11.3 Å². The Balaban J connectivity index is 2.13. The van der Waals surface area contributed by atoms with Gasteiger partial charge < -0.3 is 4.57 Å². The molecule has 4 heteroatoms. The quantitative estimate of drug-likeness (QED) is 0.719.